The first-order valence-corrected chi connectivity index (χ1v) is 8.42. The van der Waals surface area contributed by atoms with Crippen LogP contribution in [0.15, 0.2) is 41.2 Å². The second-order valence-corrected chi connectivity index (χ2v) is 6.36. The molecule has 112 valence electrons. The smallest absolute Gasteiger partial charge is 0.227 e. The van der Waals surface area contributed by atoms with Crippen LogP contribution in [0.2, 0.25) is 0 Å². The van der Waals surface area contributed by atoms with Crippen molar-refractivity contribution >= 4 is 40.0 Å². The Balaban J connectivity index is 1.57. The number of aldehydes is 1. The van der Waals surface area contributed by atoms with Gasteiger partial charge >= 0.3 is 0 Å². The molecule has 0 radical (unpaired) electrons. The van der Waals surface area contributed by atoms with Crippen LogP contribution in [-0.4, -0.2) is 21.7 Å². The lowest BCUT2D eigenvalue weighted by Gasteiger charge is -2.05. The Morgan fingerprint density at radius 1 is 1.32 bits per heavy atom. The number of nitrogens with zero attached hydrogens (tertiary/aromatic N) is 2. The summed E-state index contributed by atoms with van der Waals surface area (Å²) in [5.74, 6) is -0.113. The Morgan fingerprint density at radius 3 is 3.00 bits per heavy atom. The number of aryl methyl sites for hydroxylation is 1. The summed E-state index contributed by atoms with van der Waals surface area (Å²) >= 11 is 3.02. The molecular weight excluding hydrogens is 318 g/mol. The first-order valence-electron chi connectivity index (χ1n) is 6.66. The quantitative estimate of drug-likeness (QED) is 0.703. The molecule has 0 saturated carbocycles. The molecule has 0 aliphatic rings. The molecule has 1 N–H and O–H groups in total. The fourth-order valence-electron chi connectivity index (χ4n) is 2.01. The first-order chi connectivity index (χ1) is 10.8. The van der Waals surface area contributed by atoms with Crippen LogP contribution in [0.25, 0.3) is 10.6 Å². The standard InChI is InChI=1S/C15H13N3O2S2/c19-9-11-3-1-6-18(11)7-5-14(20)17-15-16-12(10-22-15)13-4-2-8-21-13/h1-4,6,8-10H,5,7H2,(H,16,17,20). The number of thiazole rings is 1. The number of carbonyl (C=O) groups is 2. The predicted molar refractivity (Wildman–Crippen MR) is 88.5 cm³/mol. The maximum Gasteiger partial charge on any atom is 0.227 e. The van der Waals surface area contributed by atoms with Gasteiger partial charge < -0.3 is 9.88 Å². The van der Waals surface area contributed by atoms with Gasteiger partial charge in [0.15, 0.2) is 11.4 Å². The first kappa shape index (κ1) is 14.7. The zero-order chi connectivity index (χ0) is 15.4. The lowest BCUT2D eigenvalue weighted by atomic mass is 10.4. The van der Waals surface area contributed by atoms with Gasteiger partial charge in [0.2, 0.25) is 5.91 Å². The van der Waals surface area contributed by atoms with Gasteiger partial charge in [-0.3, -0.25) is 9.59 Å². The van der Waals surface area contributed by atoms with E-state index in [1.165, 1.54) is 11.3 Å². The zero-order valence-corrected chi connectivity index (χ0v) is 13.2. The van der Waals surface area contributed by atoms with Crippen molar-refractivity contribution in [3.63, 3.8) is 0 Å². The van der Waals surface area contributed by atoms with Crippen molar-refractivity contribution in [3.05, 3.63) is 46.9 Å². The largest absolute Gasteiger partial charge is 0.345 e. The summed E-state index contributed by atoms with van der Waals surface area (Å²) in [7, 11) is 0. The molecule has 0 fully saturated rings. The Hall–Kier alpha value is -2.25. The second kappa shape index (κ2) is 6.67. The van der Waals surface area contributed by atoms with E-state index >= 15 is 0 Å². The highest BCUT2D eigenvalue weighted by atomic mass is 32.1. The number of nitrogens with one attached hydrogen (secondary N) is 1. The molecule has 0 aliphatic carbocycles. The Morgan fingerprint density at radius 2 is 2.23 bits per heavy atom. The minimum Gasteiger partial charge on any atom is -0.345 e. The van der Waals surface area contributed by atoms with Crippen LogP contribution in [-0.2, 0) is 11.3 Å². The molecule has 0 unspecified atom stereocenters. The lowest BCUT2D eigenvalue weighted by Crippen LogP contribution is -2.14. The SMILES string of the molecule is O=Cc1cccn1CCC(=O)Nc1nc(-c2cccs2)cs1. The number of thiophene rings is 1. The molecule has 0 aliphatic heterocycles. The van der Waals surface area contributed by atoms with E-state index in [-0.39, 0.29) is 5.91 Å². The predicted octanol–water partition coefficient (Wildman–Crippen LogP) is 3.51. The number of rotatable bonds is 6. The average Bonchev–Trinajstić information content (AvgIpc) is 3.25. The Labute approximate surface area is 135 Å². The number of carbonyl (C=O) groups excluding carboxylic acids is 2. The zero-order valence-electron chi connectivity index (χ0n) is 11.6. The molecule has 3 aromatic heterocycles. The van der Waals surface area contributed by atoms with Crippen molar-refractivity contribution < 1.29 is 9.59 Å². The van der Waals surface area contributed by atoms with Gasteiger partial charge in [-0.2, -0.15) is 0 Å². The number of anilines is 1. The summed E-state index contributed by atoms with van der Waals surface area (Å²) in [6, 6.07) is 7.48. The number of hydrogen-bond acceptors (Lipinski definition) is 5. The maximum absolute atomic E-state index is 12.0. The van der Waals surface area contributed by atoms with Gasteiger partial charge in [0.05, 0.1) is 16.3 Å². The van der Waals surface area contributed by atoms with E-state index < -0.39 is 0 Å². The van der Waals surface area contributed by atoms with Crippen LogP contribution in [0.5, 0.6) is 0 Å². The average molecular weight is 331 g/mol. The molecule has 0 atom stereocenters. The minimum absolute atomic E-state index is 0.113. The monoisotopic (exact) mass is 331 g/mol. The van der Waals surface area contributed by atoms with Gasteiger partial charge in [0, 0.05) is 24.5 Å². The van der Waals surface area contributed by atoms with Crippen molar-refractivity contribution in [2.75, 3.05) is 5.32 Å². The van der Waals surface area contributed by atoms with Gasteiger partial charge in [-0.1, -0.05) is 6.07 Å². The number of aromatic nitrogens is 2. The number of amides is 1. The molecule has 3 aromatic rings. The fourth-order valence-corrected chi connectivity index (χ4v) is 3.50. The van der Waals surface area contributed by atoms with E-state index in [9.17, 15) is 9.59 Å². The van der Waals surface area contributed by atoms with Crippen molar-refractivity contribution in [3.8, 4) is 10.6 Å². The van der Waals surface area contributed by atoms with E-state index in [4.69, 9.17) is 0 Å². The van der Waals surface area contributed by atoms with Crippen LogP contribution in [0, 0.1) is 0 Å². The number of hydrogen-bond donors (Lipinski definition) is 1. The van der Waals surface area contributed by atoms with Gasteiger partial charge in [-0.25, -0.2) is 4.98 Å². The third-order valence-corrected chi connectivity index (χ3v) is 4.74. The van der Waals surface area contributed by atoms with Crippen molar-refractivity contribution in [2.24, 2.45) is 0 Å². The van der Waals surface area contributed by atoms with E-state index in [0.29, 0.717) is 23.8 Å². The molecular formula is C15H13N3O2S2. The van der Waals surface area contributed by atoms with E-state index in [1.54, 1.807) is 34.2 Å². The summed E-state index contributed by atoms with van der Waals surface area (Å²) in [6.45, 7) is 0.468. The van der Waals surface area contributed by atoms with E-state index in [1.807, 2.05) is 22.9 Å². The van der Waals surface area contributed by atoms with E-state index in [2.05, 4.69) is 10.3 Å². The molecule has 0 bridgehead atoms. The summed E-state index contributed by atoms with van der Waals surface area (Å²) < 4.78 is 1.76. The van der Waals surface area contributed by atoms with Crippen LogP contribution >= 0.6 is 22.7 Å². The van der Waals surface area contributed by atoms with E-state index in [0.717, 1.165) is 16.9 Å². The molecule has 0 saturated heterocycles. The minimum atomic E-state index is -0.113. The maximum atomic E-state index is 12.0. The topological polar surface area (TPSA) is 64.0 Å². The van der Waals surface area contributed by atoms with Gasteiger partial charge in [-0.15, -0.1) is 22.7 Å². The second-order valence-electron chi connectivity index (χ2n) is 4.56. The molecule has 7 heteroatoms. The summed E-state index contributed by atoms with van der Waals surface area (Å²) in [5.41, 5.74) is 1.45. The van der Waals surface area contributed by atoms with Crippen molar-refractivity contribution in [2.45, 2.75) is 13.0 Å². The molecule has 3 heterocycles. The lowest BCUT2D eigenvalue weighted by molar-refractivity contribution is -0.116. The summed E-state index contributed by atoms with van der Waals surface area (Å²) in [6.07, 6.45) is 2.87. The van der Waals surface area contributed by atoms with Gasteiger partial charge in [-0.05, 0) is 23.6 Å². The normalized spacial score (nSPS) is 10.5. The summed E-state index contributed by atoms with van der Waals surface area (Å²) in [5, 5.41) is 7.31. The van der Waals surface area contributed by atoms with Crippen molar-refractivity contribution in [1.29, 1.82) is 0 Å². The van der Waals surface area contributed by atoms with Gasteiger partial charge in [0.1, 0.15) is 0 Å². The third-order valence-electron chi connectivity index (χ3n) is 3.09. The van der Waals surface area contributed by atoms with Crippen LogP contribution < -0.4 is 5.32 Å². The van der Waals surface area contributed by atoms with Crippen LogP contribution in [0.4, 0.5) is 5.13 Å². The Bertz CT molecular complexity index is 774. The Kier molecular flexibility index (Phi) is 4.45. The molecule has 3 rings (SSSR count). The highest BCUT2D eigenvalue weighted by molar-refractivity contribution is 7.16. The molecule has 0 spiro atoms. The fraction of sp³-hybridized carbons (Fsp3) is 0.133. The highest BCUT2D eigenvalue weighted by Crippen LogP contribution is 2.28. The molecule has 1 amide bonds. The summed E-state index contributed by atoms with van der Waals surface area (Å²) in [4.78, 5) is 28.3. The van der Waals surface area contributed by atoms with Crippen molar-refractivity contribution in [1.82, 2.24) is 9.55 Å². The molecule has 0 aromatic carbocycles. The molecule has 5 nitrogen and oxygen atoms in total. The van der Waals surface area contributed by atoms with Crippen LogP contribution in [0.3, 0.4) is 0 Å². The van der Waals surface area contributed by atoms with Crippen LogP contribution in [0.1, 0.15) is 16.9 Å². The third kappa shape index (κ3) is 3.32. The highest BCUT2D eigenvalue weighted by Gasteiger charge is 2.09. The molecule has 22 heavy (non-hydrogen) atoms. The van der Waals surface area contributed by atoms with Gasteiger partial charge in [0.25, 0.3) is 0 Å².